The molecule has 0 fully saturated rings. The van der Waals surface area contributed by atoms with Gasteiger partial charge in [0.2, 0.25) is 0 Å². The molecule has 6 heteroatoms. The number of azide groups is 1. The number of halogens is 1. The largest absolute Gasteiger partial charge is 0.352 e. The molecule has 1 aromatic carbocycles. The monoisotopic (exact) mass is 222 g/mol. The van der Waals surface area contributed by atoms with Crippen LogP contribution in [-0.4, -0.2) is 19.0 Å². The van der Waals surface area contributed by atoms with Crippen molar-refractivity contribution in [2.24, 2.45) is 5.11 Å². The predicted molar refractivity (Wildman–Crippen MR) is 57.5 cm³/mol. The molecular formula is C10H11FN4O. The van der Waals surface area contributed by atoms with Gasteiger partial charge in [0.15, 0.2) is 0 Å². The smallest absolute Gasteiger partial charge is 0.251 e. The van der Waals surface area contributed by atoms with Gasteiger partial charge in [0.1, 0.15) is 5.82 Å². The van der Waals surface area contributed by atoms with Crippen LogP contribution in [0.5, 0.6) is 0 Å². The Kier molecular flexibility index (Phi) is 4.29. The van der Waals surface area contributed by atoms with E-state index < -0.39 is 5.82 Å². The summed E-state index contributed by atoms with van der Waals surface area (Å²) in [5.41, 5.74) is 8.76. The summed E-state index contributed by atoms with van der Waals surface area (Å²) in [6.45, 7) is 2.04. The minimum Gasteiger partial charge on any atom is -0.352 e. The summed E-state index contributed by atoms with van der Waals surface area (Å²) in [6.07, 6.45) is 0. The van der Waals surface area contributed by atoms with Crippen LogP contribution in [-0.2, 0) is 0 Å². The summed E-state index contributed by atoms with van der Waals surface area (Å²) < 4.78 is 13.1. The average molecular weight is 222 g/mol. The zero-order valence-corrected chi connectivity index (χ0v) is 8.77. The first-order chi connectivity index (χ1) is 7.65. The van der Waals surface area contributed by atoms with Gasteiger partial charge in [0.05, 0.1) is 0 Å². The number of nitrogens with zero attached hydrogens (tertiary/aromatic N) is 3. The van der Waals surface area contributed by atoms with Crippen LogP contribution in [0.15, 0.2) is 23.3 Å². The van der Waals surface area contributed by atoms with Crippen LogP contribution in [0, 0.1) is 12.7 Å². The van der Waals surface area contributed by atoms with E-state index in [0.717, 1.165) is 0 Å². The molecule has 0 radical (unpaired) electrons. The fraction of sp³-hybridized carbons (Fsp3) is 0.300. The van der Waals surface area contributed by atoms with Crippen LogP contribution in [0.1, 0.15) is 15.9 Å². The summed E-state index contributed by atoms with van der Waals surface area (Å²) >= 11 is 0. The molecule has 0 aliphatic heterocycles. The standard InChI is InChI=1S/C10H11FN4O/c1-7-2-3-8(6-9(7)11)10(16)13-4-5-14-15-12/h2-3,6H,4-5H2,1H3,(H,13,16). The second-order valence-corrected chi connectivity index (χ2v) is 3.17. The topological polar surface area (TPSA) is 77.9 Å². The van der Waals surface area contributed by atoms with Gasteiger partial charge >= 0.3 is 0 Å². The molecule has 1 rings (SSSR count). The zero-order valence-electron chi connectivity index (χ0n) is 8.77. The normalized spacial score (nSPS) is 9.38. The van der Waals surface area contributed by atoms with E-state index in [1.165, 1.54) is 12.1 Å². The van der Waals surface area contributed by atoms with E-state index >= 15 is 0 Å². The van der Waals surface area contributed by atoms with Gasteiger partial charge in [0, 0.05) is 23.6 Å². The lowest BCUT2D eigenvalue weighted by Gasteiger charge is -2.04. The van der Waals surface area contributed by atoms with E-state index in [2.05, 4.69) is 15.3 Å². The Hall–Kier alpha value is -2.07. The lowest BCUT2D eigenvalue weighted by atomic mass is 10.1. The van der Waals surface area contributed by atoms with Crippen LogP contribution in [0.4, 0.5) is 4.39 Å². The number of nitrogens with one attached hydrogen (secondary N) is 1. The molecule has 1 N–H and O–H groups in total. The van der Waals surface area contributed by atoms with Crippen molar-refractivity contribution >= 4 is 5.91 Å². The third-order valence-corrected chi connectivity index (χ3v) is 1.99. The van der Waals surface area contributed by atoms with E-state index in [-0.39, 0.29) is 24.6 Å². The number of carbonyl (C=O) groups is 1. The van der Waals surface area contributed by atoms with Crippen LogP contribution < -0.4 is 5.32 Å². The molecule has 0 aliphatic rings. The van der Waals surface area contributed by atoms with E-state index in [4.69, 9.17) is 5.53 Å². The first-order valence-corrected chi connectivity index (χ1v) is 4.70. The quantitative estimate of drug-likeness (QED) is 0.360. The summed E-state index contributed by atoms with van der Waals surface area (Å²) in [4.78, 5) is 14.0. The molecule has 0 spiro atoms. The summed E-state index contributed by atoms with van der Waals surface area (Å²) in [5.74, 6) is -0.797. The third kappa shape index (κ3) is 3.25. The number of benzene rings is 1. The van der Waals surface area contributed by atoms with Crippen molar-refractivity contribution in [2.75, 3.05) is 13.1 Å². The molecule has 1 aromatic rings. The molecule has 1 amide bonds. The Balaban J connectivity index is 2.59. The van der Waals surface area contributed by atoms with Crippen LogP contribution in [0.3, 0.4) is 0 Å². The van der Waals surface area contributed by atoms with Gasteiger partial charge in [-0.2, -0.15) is 0 Å². The Bertz CT molecular complexity index is 440. The highest BCUT2D eigenvalue weighted by atomic mass is 19.1. The van der Waals surface area contributed by atoms with Gasteiger partial charge in [-0.05, 0) is 30.2 Å². The highest BCUT2D eigenvalue weighted by Crippen LogP contribution is 2.08. The van der Waals surface area contributed by atoms with Gasteiger partial charge < -0.3 is 5.32 Å². The van der Waals surface area contributed by atoms with Crippen molar-refractivity contribution in [2.45, 2.75) is 6.92 Å². The molecule has 0 unspecified atom stereocenters. The fourth-order valence-electron chi connectivity index (χ4n) is 1.10. The molecule has 5 nitrogen and oxygen atoms in total. The van der Waals surface area contributed by atoms with Crippen molar-refractivity contribution in [3.05, 3.63) is 45.6 Å². The molecular weight excluding hydrogens is 211 g/mol. The molecule has 0 saturated carbocycles. The highest BCUT2D eigenvalue weighted by molar-refractivity contribution is 5.94. The molecule has 0 bridgehead atoms. The lowest BCUT2D eigenvalue weighted by molar-refractivity contribution is 0.0954. The third-order valence-electron chi connectivity index (χ3n) is 1.99. The van der Waals surface area contributed by atoms with E-state index in [1.54, 1.807) is 13.0 Å². The summed E-state index contributed by atoms with van der Waals surface area (Å²) in [7, 11) is 0. The van der Waals surface area contributed by atoms with Crippen molar-refractivity contribution in [3.63, 3.8) is 0 Å². The number of hydrogen-bond donors (Lipinski definition) is 1. The summed E-state index contributed by atoms with van der Waals surface area (Å²) in [6, 6.07) is 4.26. The van der Waals surface area contributed by atoms with E-state index in [0.29, 0.717) is 5.56 Å². The maximum Gasteiger partial charge on any atom is 0.251 e. The molecule has 0 atom stereocenters. The number of rotatable bonds is 4. The molecule has 16 heavy (non-hydrogen) atoms. The number of hydrogen-bond acceptors (Lipinski definition) is 2. The Morgan fingerprint density at radius 2 is 2.38 bits per heavy atom. The average Bonchev–Trinajstić information content (AvgIpc) is 2.28. The van der Waals surface area contributed by atoms with Crippen LogP contribution in [0.2, 0.25) is 0 Å². The van der Waals surface area contributed by atoms with Gasteiger partial charge in [-0.3, -0.25) is 4.79 Å². The zero-order chi connectivity index (χ0) is 12.0. The SMILES string of the molecule is Cc1ccc(C(=O)NCCN=[N+]=[N-])cc1F. The van der Waals surface area contributed by atoms with E-state index in [1.807, 2.05) is 0 Å². The Morgan fingerprint density at radius 3 is 3.00 bits per heavy atom. The minimum absolute atomic E-state index is 0.177. The Morgan fingerprint density at radius 1 is 1.62 bits per heavy atom. The van der Waals surface area contributed by atoms with Crippen LogP contribution in [0.25, 0.3) is 10.4 Å². The van der Waals surface area contributed by atoms with Crippen molar-refractivity contribution in [1.29, 1.82) is 0 Å². The summed E-state index contributed by atoms with van der Waals surface area (Å²) in [5, 5.41) is 5.77. The van der Waals surface area contributed by atoms with Gasteiger partial charge in [-0.25, -0.2) is 4.39 Å². The van der Waals surface area contributed by atoms with Gasteiger partial charge in [-0.1, -0.05) is 11.2 Å². The second-order valence-electron chi connectivity index (χ2n) is 3.17. The maximum atomic E-state index is 13.1. The van der Waals surface area contributed by atoms with Crippen molar-refractivity contribution in [3.8, 4) is 0 Å². The van der Waals surface area contributed by atoms with Gasteiger partial charge in [0.25, 0.3) is 5.91 Å². The Labute approximate surface area is 91.9 Å². The number of aryl methyl sites for hydroxylation is 1. The first-order valence-electron chi connectivity index (χ1n) is 4.70. The molecule has 0 aromatic heterocycles. The van der Waals surface area contributed by atoms with Crippen LogP contribution >= 0.6 is 0 Å². The van der Waals surface area contributed by atoms with Gasteiger partial charge in [-0.15, -0.1) is 0 Å². The lowest BCUT2D eigenvalue weighted by Crippen LogP contribution is -2.26. The highest BCUT2D eigenvalue weighted by Gasteiger charge is 2.06. The first kappa shape index (κ1) is 12.0. The van der Waals surface area contributed by atoms with Crippen molar-refractivity contribution < 1.29 is 9.18 Å². The second kappa shape index (κ2) is 5.72. The molecule has 0 aliphatic carbocycles. The van der Waals surface area contributed by atoms with Crippen molar-refractivity contribution in [1.82, 2.24) is 5.32 Å². The molecule has 84 valence electrons. The molecule has 0 saturated heterocycles. The predicted octanol–water partition coefficient (Wildman–Crippen LogP) is 2.17. The maximum absolute atomic E-state index is 13.1. The fourth-order valence-corrected chi connectivity index (χ4v) is 1.10. The number of carbonyl (C=O) groups excluding carboxylic acids is 1. The molecule has 0 heterocycles. The van der Waals surface area contributed by atoms with E-state index in [9.17, 15) is 9.18 Å². The number of amides is 1. The minimum atomic E-state index is -0.414.